The van der Waals surface area contributed by atoms with Gasteiger partial charge in [-0.1, -0.05) is 0 Å². The van der Waals surface area contributed by atoms with Crippen LogP contribution in [0.5, 0.6) is 0 Å². The number of hydrogen-bond donors (Lipinski definition) is 0. The minimum Gasteiger partial charge on any atom is -0.338 e. The van der Waals surface area contributed by atoms with Gasteiger partial charge in [0.05, 0.1) is 6.04 Å². The second-order valence-corrected chi connectivity index (χ2v) is 3.46. The van der Waals surface area contributed by atoms with Crippen LogP contribution in [0.1, 0.15) is 12.8 Å². The zero-order valence-electron chi connectivity index (χ0n) is 6.92. The van der Waals surface area contributed by atoms with Crippen molar-refractivity contribution in [3.05, 3.63) is 0 Å². The largest absolute Gasteiger partial charge is 0.338 e. The van der Waals surface area contributed by atoms with Crippen LogP contribution in [0.4, 0.5) is 0 Å². The molecule has 3 heteroatoms. The van der Waals surface area contributed by atoms with Crippen molar-refractivity contribution in [2.75, 3.05) is 26.7 Å². The van der Waals surface area contributed by atoms with E-state index in [1.807, 2.05) is 11.9 Å². The Morgan fingerprint density at radius 3 is 2.55 bits per heavy atom. The minimum absolute atomic E-state index is 0.206. The number of nitrogens with zero attached hydrogens (tertiary/aromatic N) is 2. The third-order valence-corrected chi connectivity index (χ3v) is 2.56. The number of carbonyl (C=O) groups excluding carboxylic acids is 1. The van der Waals surface area contributed by atoms with Crippen molar-refractivity contribution in [2.45, 2.75) is 18.9 Å². The molecular weight excluding hydrogens is 140 g/mol. The van der Waals surface area contributed by atoms with Crippen LogP contribution in [-0.2, 0) is 4.79 Å². The Hall–Kier alpha value is -0.570. The van der Waals surface area contributed by atoms with Crippen LogP contribution in [0.3, 0.4) is 0 Å². The molecule has 2 heterocycles. The van der Waals surface area contributed by atoms with E-state index in [4.69, 9.17) is 0 Å². The van der Waals surface area contributed by atoms with Gasteiger partial charge in [0.2, 0.25) is 5.91 Å². The van der Waals surface area contributed by atoms with Gasteiger partial charge in [-0.15, -0.1) is 0 Å². The van der Waals surface area contributed by atoms with Crippen LogP contribution >= 0.6 is 0 Å². The molecule has 0 unspecified atom stereocenters. The highest BCUT2D eigenvalue weighted by molar-refractivity contribution is 5.83. The fraction of sp³-hybridized carbons (Fsp3) is 0.875. The van der Waals surface area contributed by atoms with Crippen LogP contribution in [-0.4, -0.2) is 48.4 Å². The molecule has 2 aliphatic rings. The summed E-state index contributed by atoms with van der Waals surface area (Å²) in [4.78, 5) is 15.6. The summed E-state index contributed by atoms with van der Waals surface area (Å²) in [5, 5.41) is 0. The predicted molar refractivity (Wildman–Crippen MR) is 42.2 cm³/mol. The van der Waals surface area contributed by atoms with E-state index in [-0.39, 0.29) is 6.04 Å². The first kappa shape index (κ1) is 7.10. The molecule has 0 aromatic heterocycles. The molecule has 0 aromatic rings. The van der Waals surface area contributed by atoms with Gasteiger partial charge in [-0.25, -0.2) is 0 Å². The number of hydrogen-bond acceptors (Lipinski definition) is 2. The molecule has 1 amide bonds. The number of likely N-dealkylation sites (N-methyl/N-ethyl adjacent to an activating group) is 1. The standard InChI is InChI=1S/C8H14N2O/c1-9-4-2-3-7(9)8(11)10-5-6-10/h7H,2-6H2,1H3/t7-/m0/s1. The molecule has 0 spiro atoms. The summed E-state index contributed by atoms with van der Waals surface area (Å²) >= 11 is 0. The fourth-order valence-electron chi connectivity index (χ4n) is 1.70. The lowest BCUT2D eigenvalue weighted by atomic mass is 10.2. The van der Waals surface area contributed by atoms with Crippen LogP contribution < -0.4 is 0 Å². The van der Waals surface area contributed by atoms with Crippen LogP contribution in [0, 0.1) is 0 Å². The monoisotopic (exact) mass is 154 g/mol. The first-order valence-corrected chi connectivity index (χ1v) is 4.28. The third kappa shape index (κ3) is 1.25. The highest BCUT2D eigenvalue weighted by Gasteiger charge is 2.35. The summed E-state index contributed by atoms with van der Waals surface area (Å²) in [5.74, 6) is 0.352. The zero-order valence-corrected chi connectivity index (χ0v) is 6.92. The van der Waals surface area contributed by atoms with Gasteiger partial charge in [-0.3, -0.25) is 9.69 Å². The number of rotatable bonds is 1. The van der Waals surface area contributed by atoms with E-state index < -0.39 is 0 Å². The summed E-state index contributed by atoms with van der Waals surface area (Å²) in [6.45, 7) is 3.07. The fourth-order valence-corrected chi connectivity index (χ4v) is 1.70. The summed E-state index contributed by atoms with van der Waals surface area (Å²) in [5.41, 5.74) is 0. The van der Waals surface area contributed by atoms with Crippen molar-refractivity contribution in [3.63, 3.8) is 0 Å². The van der Waals surface area contributed by atoms with Crippen molar-refractivity contribution in [3.8, 4) is 0 Å². The van der Waals surface area contributed by atoms with E-state index in [1.165, 1.54) is 6.42 Å². The van der Waals surface area contributed by atoms with Gasteiger partial charge in [-0.05, 0) is 26.4 Å². The van der Waals surface area contributed by atoms with E-state index in [9.17, 15) is 4.79 Å². The number of carbonyl (C=O) groups is 1. The molecule has 62 valence electrons. The third-order valence-electron chi connectivity index (χ3n) is 2.56. The van der Waals surface area contributed by atoms with Crippen molar-refractivity contribution < 1.29 is 4.79 Å². The van der Waals surface area contributed by atoms with Crippen LogP contribution in [0.25, 0.3) is 0 Å². The lowest BCUT2D eigenvalue weighted by molar-refractivity contribution is -0.129. The predicted octanol–water partition coefficient (Wildman–Crippen LogP) is -0.0772. The second-order valence-electron chi connectivity index (χ2n) is 3.46. The Balaban J connectivity index is 1.96. The highest BCUT2D eigenvalue weighted by atomic mass is 16.2. The Kier molecular flexibility index (Phi) is 1.60. The van der Waals surface area contributed by atoms with Crippen molar-refractivity contribution in [1.29, 1.82) is 0 Å². The van der Waals surface area contributed by atoms with Gasteiger partial charge in [0.1, 0.15) is 0 Å². The van der Waals surface area contributed by atoms with Gasteiger partial charge in [-0.2, -0.15) is 0 Å². The van der Waals surface area contributed by atoms with Crippen molar-refractivity contribution >= 4 is 5.91 Å². The molecule has 0 aliphatic carbocycles. The Labute approximate surface area is 67.0 Å². The van der Waals surface area contributed by atoms with Crippen LogP contribution in [0.2, 0.25) is 0 Å². The molecule has 0 radical (unpaired) electrons. The maximum atomic E-state index is 11.5. The van der Waals surface area contributed by atoms with E-state index in [0.717, 1.165) is 26.1 Å². The average molecular weight is 154 g/mol. The van der Waals surface area contributed by atoms with Gasteiger partial charge >= 0.3 is 0 Å². The second kappa shape index (κ2) is 2.48. The summed E-state index contributed by atoms with van der Waals surface area (Å²) in [6, 6.07) is 0.206. The molecular formula is C8H14N2O. The Morgan fingerprint density at radius 1 is 1.36 bits per heavy atom. The molecule has 3 nitrogen and oxygen atoms in total. The normalized spacial score (nSPS) is 31.0. The molecule has 11 heavy (non-hydrogen) atoms. The smallest absolute Gasteiger partial charge is 0.240 e. The highest BCUT2D eigenvalue weighted by Crippen LogP contribution is 2.19. The van der Waals surface area contributed by atoms with Crippen molar-refractivity contribution in [2.24, 2.45) is 0 Å². The Bertz CT molecular complexity index is 177. The first-order valence-electron chi connectivity index (χ1n) is 4.28. The molecule has 0 aromatic carbocycles. The van der Waals surface area contributed by atoms with E-state index in [2.05, 4.69) is 4.90 Å². The van der Waals surface area contributed by atoms with E-state index >= 15 is 0 Å². The first-order chi connectivity index (χ1) is 5.29. The summed E-state index contributed by atoms with van der Waals surface area (Å²) < 4.78 is 0. The lowest BCUT2D eigenvalue weighted by Crippen LogP contribution is -2.36. The van der Waals surface area contributed by atoms with Gasteiger partial charge < -0.3 is 4.90 Å². The molecule has 0 saturated carbocycles. The average Bonchev–Trinajstić information content (AvgIpc) is 2.74. The molecule has 0 N–H and O–H groups in total. The lowest BCUT2D eigenvalue weighted by Gasteiger charge is -2.17. The van der Waals surface area contributed by atoms with Gasteiger partial charge in [0.15, 0.2) is 0 Å². The Morgan fingerprint density at radius 2 is 2.09 bits per heavy atom. The molecule has 2 saturated heterocycles. The van der Waals surface area contributed by atoms with Gasteiger partial charge in [0.25, 0.3) is 0 Å². The molecule has 2 rings (SSSR count). The molecule has 2 aliphatic heterocycles. The molecule has 1 atom stereocenters. The van der Waals surface area contributed by atoms with Crippen molar-refractivity contribution in [1.82, 2.24) is 9.80 Å². The van der Waals surface area contributed by atoms with E-state index in [1.54, 1.807) is 0 Å². The topological polar surface area (TPSA) is 23.3 Å². The number of likely N-dealkylation sites (tertiary alicyclic amines) is 1. The maximum Gasteiger partial charge on any atom is 0.240 e. The maximum absolute atomic E-state index is 11.5. The van der Waals surface area contributed by atoms with Gasteiger partial charge in [0, 0.05) is 13.1 Å². The number of amides is 1. The van der Waals surface area contributed by atoms with E-state index in [0.29, 0.717) is 5.91 Å². The van der Waals surface area contributed by atoms with Crippen LogP contribution in [0.15, 0.2) is 0 Å². The molecule has 0 bridgehead atoms. The summed E-state index contributed by atoms with van der Waals surface area (Å²) in [6.07, 6.45) is 2.24. The quantitative estimate of drug-likeness (QED) is 0.493. The molecule has 2 fully saturated rings. The minimum atomic E-state index is 0.206. The summed E-state index contributed by atoms with van der Waals surface area (Å²) in [7, 11) is 2.04. The zero-order chi connectivity index (χ0) is 7.84. The SMILES string of the molecule is CN1CCC[C@H]1C(=O)N1CC1.